The van der Waals surface area contributed by atoms with E-state index in [0.29, 0.717) is 27.0 Å². The van der Waals surface area contributed by atoms with Crippen molar-refractivity contribution in [2.45, 2.75) is 6.92 Å². The Hall–Kier alpha value is -2.57. The highest BCUT2D eigenvalue weighted by atomic mass is 35.5. The van der Waals surface area contributed by atoms with Gasteiger partial charge in [-0.2, -0.15) is 0 Å². The van der Waals surface area contributed by atoms with Crippen LogP contribution in [-0.2, 0) is 14.3 Å². The molecule has 0 aliphatic heterocycles. The smallest absolute Gasteiger partial charge is 0.337 e. The van der Waals surface area contributed by atoms with Crippen LogP contribution in [0.25, 0.3) is 0 Å². The number of hydrogen-bond acceptors (Lipinski definition) is 4. The molecule has 0 atom stereocenters. The molecule has 2 amide bonds. The lowest BCUT2D eigenvalue weighted by Crippen LogP contribution is -2.36. The van der Waals surface area contributed by atoms with Crippen LogP contribution in [0.5, 0.6) is 0 Å². The van der Waals surface area contributed by atoms with Gasteiger partial charge in [0, 0.05) is 17.6 Å². The highest BCUT2D eigenvalue weighted by Crippen LogP contribution is 2.29. The second-order valence-electron chi connectivity index (χ2n) is 5.32. The van der Waals surface area contributed by atoms with Crippen molar-refractivity contribution in [1.82, 2.24) is 0 Å². The number of halogens is 2. The Labute approximate surface area is 160 Å². The summed E-state index contributed by atoms with van der Waals surface area (Å²) in [6.45, 7) is 1.09. The van der Waals surface area contributed by atoms with Crippen LogP contribution >= 0.6 is 23.2 Å². The van der Waals surface area contributed by atoms with Crippen molar-refractivity contribution in [2.75, 3.05) is 23.9 Å². The molecule has 0 saturated heterocycles. The van der Waals surface area contributed by atoms with E-state index in [-0.39, 0.29) is 12.5 Å². The molecule has 26 heavy (non-hydrogen) atoms. The molecule has 0 heterocycles. The molecule has 2 rings (SSSR count). The minimum atomic E-state index is -0.471. The zero-order valence-corrected chi connectivity index (χ0v) is 15.6. The maximum absolute atomic E-state index is 12.3. The number of methoxy groups -OCH3 is 1. The topological polar surface area (TPSA) is 75.7 Å². The molecule has 6 nitrogen and oxygen atoms in total. The summed E-state index contributed by atoms with van der Waals surface area (Å²) >= 11 is 12.1. The van der Waals surface area contributed by atoms with Crippen molar-refractivity contribution < 1.29 is 19.1 Å². The Bertz CT molecular complexity index is 838. The van der Waals surface area contributed by atoms with Crippen molar-refractivity contribution >= 4 is 52.4 Å². The molecule has 0 spiro atoms. The average molecular weight is 395 g/mol. The summed E-state index contributed by atoms with van der Waals surface area (Å²) in [6, 6.07) is 10.8. The molecule has 0 unspecified atom stereocenters. The summed E-state index contributed by atoms with van der Waals surface area (Å²) in [5.41, 5.74) is 1.19. The Balaban J connectivity index is 2.12. The highest BCUT2D eigenvalue weighted by Gasteiger charge is 2.19. The first-order valence-corrected chi connectivity index (χ1v) is 8.29. The van der Waals surface area contributed by atoms with Gasteiger partial charge < -0.3 is 15.0 Å². The van der Waals surface area contributed by atoms with Gasteiger partial charge >= 0.3 is 5.97 Å². The fraction of sp³-hybridized carbons (Fsp3) is 0.167. The zero-order valence-electron chi connectivity index (χ0n) is 14.1. The Morgan fingerprint density at radius 3 is 2.31 bits per heavy atom. The fourth-order valence-corrected chi connectivity index (χ4v) is 2.60. The summed E-state index contributed by atoms with van der Waals surface area (Å²) in [5, 5.41) is 3.36. The number of nitrogens with one attached hydrogen (secondary N) is 1. The van der Waals surface area contributed by atoms with E-state index in [4.69, 9.17) is 23.2 Å². The van der Waals surface area contributed by atoms with Crippen LogP contribution in [0.3, 0.4) is 0 Å². The lowest BCUT2D eigenvalue weighted by Gasteiger charge is -2.22. The number of esters is 1. The van der Waals surface area contributed by atoms with Gasteiger partial charge in [0.05, 0.1) is 23.4 Å². The molecule has 0 aliphatic carbocycles. The number of carbonyl (C=O) groups excluding carboxylic acids is 3. The normalized spacial score (nSPS) is 10.2. The second-order valence-corrected chi connectivity index (χ2v) is 6.16. The largest absolute Gasteiger partial charge is 0.465 e. The summed E-state index contributed by atoms with van der Waals surface area (Å²) in [7, 11) is 1.29. The van der Waals surface area contributed by atoms with Crippen LogP contribution in [0.1, 0.15) is 17.3 Å². The first-order valence-electron chi connectivity index (χ1n) is 7.53. The van der Waals surface area contributed by atoms with Gasteiger partial charge in [-0.05, 0) is 42.5 Å². The van der Waals surface area contributed by atoms with Gasteiger partial charge in [-0.25, -0.2) is 4.79 Å². The number of carbonyl (C=O) groups is 3. The van der Waals surface area contributed by atoms with Gasteiger partial charge in [0.2, 0.25) is 11.8 Å². The third-order valence-electron chi connectivity index (χ3n) is 3.47. The van der Waals surface area contributed by atoms with Crippen LogP contribution in [0.2, 0.25) is 10.0 Å². The first kappa shape index (κ1) is 19.8. The zero-order chi connectivity index (χ0) is 19.3. The van der Waals surface area contributed by atoms with Gasteiger partial charge in [0.15, 0.2) is 0 Å². The second kappa shape index (κ2) is 8.69. The van der Waals surface area contributed by atoms with E-state index in [2.05, 4.69) is 10.1 Å². The van der Waals surface area contributed by atoms with Crippen molar-refractivity contribution in [1.29, 1.82) is 0 Å². The SMILES string of the molecule is COC(=O)c1ccc(NC(=O)CN(C(C)=O)c2cc(Cl)ccc2Cl)cc1. The molecule has 2 aromatic rings. The molecule has 8 heteroatoms. The molecule has 136 valence electrons. The number of ether oxygens (including phenoxy) is 1. The molecule has 0 aliphatic rings. The van der Waals surface area contributed by atoms with Crippen LogP contribution in [0.15, 0.2) is 42.5 Å². The van der Waals surface area contributed by atoms with Gasteiger partial charge in [-0.15, -0.1) is 0 Å². The Morgan fingerprint density at radius 1 is 1.08 bits per heavy atom. The number of rotatable bonds is 5. The van der Waals surface area contributed by atoms with Crippen LogP contribution in [0.4, 0.5) is 11.4 Å². The Morgan fingerprint density at radius 2 is 1.73 bits per heavy atom. The van der Waals surface area contributed by atoms with E-state index >= 15 is 0 Å². The lowest BCUT2D eigenvalue weighted by molar-refractivity contribution is -0.120. The van der Waals surface area contributed by atoms with Crippen molar-refractivity contribution in [2.24, 2.45) is 0 Å². The van der Waals surface area contributed by atoms with Gasteiger partial charge in [0.1, 0.15) is 6.54 Å². The highest BCUT2D eigenvalue weighted by molar-refractivity contribution is 6.35. The third-order valence-corrected chi connectivity index (χ3v) is 4.03. The summed E-state index contributed by atoms with van der Waals surface area (Å²) in [5.74, 6) is -1.26. The van der Waals surface area contributed by atoms with Gasteiger partial charge in [-0.1, -0.05) is 23.2 Å². The number of anilines is 2. The molecule has 0 aromatic heterocycles. The number of amides is 2. The molecular weight excluding hydrogens is 379 g/mol. The van der Waals surface area contributed by atoms with Crippen molar-refractivity contribution in [3.8, 4) is 0 Å². The molecular formula is C18H16Cl2N2O4. The third kappa shape index (κ3) is 4.97. The van der Waals surface area contributed by atoms with E-state index < -0.39 is 11.9 Å². The molecule has 2 aromatic carbocycles. The number of benzene rings is 2. The quantitative estimate of drug-likeness (QED) is 0.782. The molecule has 1 N–H and O–H groups in total. The van der Waals surface area contributed by atoms with Crippen molar-refractivity contribution in [3.63, 3.8) is 0 Å². The summed E-state index contributed by atoms with van der Waals surface area (Å²) in [6.07, 6.45) is 0. The first-order chi connectivity index (χ1) is 12.3. The molecule has 0 radical (unpaired) electrons. The monoisotopic (exact) mass is 394 g/mol. The summed E-state index contributed by atoms with van der Waals surface area (Å²) < 4.78 is 4.61. The number of nitrogens with zero attached hydrogens (tertiary/aromatic N) is 1. The van der Waals surface area contributed by atoms with Crippen LogP contribution in [-0.4, -0.2) is 31.4 Å². The van der Waals surface area contributed by atoms with Crippen molar-refractivity contribution in [3.05, 3.63) is 58.1 Å². The van der Waals surface area contributed by atoms with Gasteiger partial charge in [0.25, 0.3) is 0 Å². The van der Waals surface area contributed by atoms with E-state index in [9.17, 15) is 14.4 Å². The fourth-order valence-electron chi connectivity index (χ4n) is 2.21. The Kier molecular flexibility index (Phi) is 6.60. The maximum Gasteiger partial charge on any atom is 0.337 e. The maximum atomic E-state index is 12.3. The van der Waals surface area contributed by atoms with E-state index in [1.807, 2.05) is 0 Å². The minimum absolute atomic E-state index is 0.242. The van der Waals surface area contributed by atoms with E-state index in [1.54, 1.807) is 24.3 Å². The molecule has 0 fully saturated rings. The van der Waals surface area contributed by atoms with E-state index in [0.717, 1.165) is 0 Å². The number of hydrogen-bond donors (Lipinski definition) is 1. The van der Waals surface area contributed by atoms with Crippen LogP contribution < -0.4 is 10.2 Å². The predicted molar refractivity (Wildman–Crippen MR) is 101 cm³/mol. The summed E-state index contributed by atoms with van der Waals surface area (Å²) in [4.78, 5) is 36.9. The van der Waals surface area contributed by atoms with E-state index in [1.165, 1.54) is 37.1 Å². The minimum Gasteiger partial charge on any atom is -0.465 e. The lowest BCUT2D eigenvalue weighted by atomic mass is 10.2. The molecule has 0 bridgehead atoms. The van der Waals surface area contributed by atoms with Crippen LogP contribution in [0, 0.1) is 0 Å². The average Bonchev–Trinajstić information content (AvgIpc) is 2.61. The predicted octanol–water partition coefficient (Wildman–Crippen LogP) is 3.77. The standard InChI is InChI=1S/C18H16Cl2N2O4/c1-11(23)22(16-9-13(19)5-8-15(16)20)10-17(24)21-14-6-3-12(4-7-14)18(25)26-2/h3-9H,10H2,1-2H3,(H,21,24). The molecule has 0 saturated carbocycles. The van der Waals surface area contributed by atoms with Gasteiger partial charge in [-0.3, -0.25) is 9.59 Å².